The van der Waals surface area contributed by atoms with E-state index in [0.29, 0.717) is 12.0 Å². The molecule has 1 N–H and O–H groups in total. The van der Waals surface area contributed by atoms with Gasteiger partial charge in [-0.05, 0) is 45.7 Å². The third-order valence-corrected chi connectivity index (χ3v) is 6.75. The summed E-state index contributed by atoms with van der Waals surface area (Å²) in [5, 5.41) is 23.9. The number of hydrogen-bond donors (Lipinski definition) is 1. The Kier molecular flexibility index (Phi) is 5.64. The number of piperidine rings is 1. The summed E-state index contributed by atoms with van der Waals surface area (Å²) in [5.74, 6) is 2.42. The number of aromatic nitrogens is 5. The van der Waals surface area contributed by atoms with E-state index in [-0.39, 0.29) is 0 Å². The molecule has 0 unspecified atom stereocenters. The molecule has 0 saturated carbocycles. The normalized spacial score (nSPS) is 21.9. The van der Waals surface area contributed by atoms with Gasteiger partial charge in [0.1, 0.15) is 15.8 Å². The second-order valence-electron chi connectivity index (χ2n) is 6.61. The number of hydrogen-bond acceptors (Lipinski definition) is 8. The number of nitrogens with zero attached hydrogens (tertiary/aromatic N) is 5. The summed E-state index contributed by atoms with van der Waals surface area (Å²) in [4.78, 5) is 0. The van der Waals surface area contributed by atoms with Crippen LogP contribution < -0.4 is 5.32 Å². The van der Waals surface area contributed by atoms with E-state index in [1.54, 1.807) is 23.1 Å². The number of thioether (sulfide) groups is 1. The summed E-state index contributed by atoms with van der Waals surface area (Å²) in [5.41, 5.74) is 0. The molecule has 0 aromatic carbocycles. The summed E-state index contributed by atoms with van der Waals surface area (Å²) in [6.07, 6.45) is 4.83. The van der Waals surface area contributed by atoms with Crippen LogP contribution in [0.25, 0.3) is 0 Å². The van der Waals surface area contributed by atoms with Gasteiger partial charge in [-0.25, -0.2) is 0 Å². The number of aryl methyl sites for hydroxylation is 1. The average Bonchev–Trinajstić information content (AvgIpc) is 3.36. The van der Waals surface area contributed by atoms with Crippen molar-refractivity contribution in [2.75, 3.05) is 19.7 Å². The fourth-order valence-corrected chi connectivity index (χ4v) is 5.12. The number of ether oxygens (including phenoxy) is 1. The Morgan fingerprint density at radius 3 is 2.80 bits per heavy atom. The summed E-state index contributed by atoms with van der Waals surface area (Å²) < 4.78 is 8.18. The van der Waals surface area contributed by atoms with Gasteiger partial charge < -0.3 is 14.6 Å². The second-order valence-corrected chi connectivity index (χ2v) is 8.82. The van der Waals surface area contributed by atoms with Gasteiger partial charge >= 0.3 is 0 Å². The zero-order chi connectivity index (χ0) is 17.1. The summed E-state index contributed by atoms with van der Waals surface area (Å²) in [7, 11) is 0. The SMILES string of the molecule is Cc1nnc(CSc2nnc(C3CCNCC3)n2C[C@H]2CCCO2)s1. The van der Waals surface area contributed by atoms with Gasteiger partial charge in [-0.2, -0.15) is 0 Å². The molecule has 0 bridgehead atoms. The Bertz CT molecular complexity index is 691. The minimum atomic E-state index is 0.291. The van der Waals surface area contributed by atoms with Crippen LogP contribution in [0.3, 0.4) is 0 Å². The molecule has 4 heterocycles. The van der Waals surface area contributed by atoms with E-state index in [9.17, 15) is 0 Å². The van der Waals surface area contributed by atoms with Gasteiger partial charge in [0, 0.05) is 12.5 Å². The molecule has 0 amide bonds. The highest BCUT2D eigenvalue weighted by Crippen LogP contribution is 2.30. The maximum absolute atomic E-state index is 5.87. The standard InChI is InChI=1S/C16H24N6OS2/c1-11-18-19-14(25-11)10-24-16-21-20-15(12-4-6-17-7-5-12)22(16)9-13-3-2-8-23-13/h12-13,17H,2-10H2,1H3/t13-/m1/s1. The highest BCUT2D eigenvalue weighted by atomic mass is 32.2. The topological polar surface area (TPSA) is 77.8 Å². The molecule has 4 rings (SSSR count). The monoisotopic (exact) mass is 380 g/mol. The van der Waals surface area contributed by atoms with Crippen molar-refractivity contribution < 1.29 is 4.74 Å². The van der Waals surface area contributed by atoms with Gasteiger partial charge in [-0.3, -0.25) is 0 Å². The largest absolute Gasteiger partial charge is 0.376 e. The van der Waals surface area contributed by atoms with E-state index in [1.165, 1.54) is 0 Å². The van der Waals surface area contributed by atoms with Gasteiger partial charge in [-0.1, -0.05) is 11.8 Å². The molecule has 0 radical (unpaired) electrons. The summed E-state index contributed by atoms with van der Waals surface area (Å²) in [6, 6.07) is 0. The van der Waals surface area contributed by atoms with Crippen LogP contribution in [0.5, 0.6) is 0 Å². The molecule has 25 heavy (non-hydrogen) atoms. The minimum Gasteiger partial charge on any atom is -0.376 e. The van der Waals surface area contributed by atoms with Crippen molar-refractivity contribution in [3.8, 4) is 0 Å². The fourth-order valence-electron chi connectivity index (χ4n) is 3.47. The molecule has 0 aliphatic carbocycles. The third kappa shape index (κ3) is 4.21. The van der Waals surface area contributed by atoms with Gasteiger partial charge in [-0.15, -0.1) is 31.7 Å². The lowest BCUT2D eigenvalue weighted by molar-refractivity contribution is 0.0936. The van der Waals surface area contributed by atoms with Crippen LogP contribution in [0.1, 0.15) is 47.4 Å². The zero-order valence-electron chi connectivity index (χ0n) is 14.5. The van der Waals surface area contributed by atoms with E-state index in [2.05, 4.69) is 30.3 Å². The third-order valence-electron chi connectivity index (χ3n) is 4.75. The van der Waals surface area contributed by atoms with Crippen LogP contribution in [0, 0.1) is 6.92 Å². The smallest absolute Gasteiger partial charge is 0.191 e. The van der Waals surface area contributed by atoms with Gasteiger partial charge in [0.2, 0.25) is 0 Å². The Morgan fingerprint density at radius 2 is 2.08 bits per heavy atom. The first-order valence-corrected chi connectivity index (χ1v) is 10.8. The highest BCUT2D eigenvalue weighted by molar-refractivity contribution is 7.98. The Hall–Kier alpha value is -1.03. The maximum Gasteiger partial charge on any atom is 0.191 e. The molecule has 2 aliphatic heterocycles. The minimum absolute atomic E-state index is 0.291. The molecule has 136 valence electrons. The van der Waals surface area contributed by atoms with Crippen molar-refractivity contribution in [1.29, 1.82) is 0 Å². The lowest BCUT2D eigenvalue weighted by Crippen LogP contribution is -2.29. The van der Waals surface area contributed by atoms with Crippen molar-refractivity contribution in [3.05, 3.63) is 15.8 Å². The van der Waals surface area contributed by atoms with E-state index in [1.807, 2.05) is 6.92 Å². The Labute approximate surface area is 156 Å². The first-order valence-electron chi connectivity index (χ1n) is 8.97. The molecule has 2 aromatic heterocycles. The molecule has 0 spiro atoms. The van der Waals surface area contributed by atoms with Gasteiger partial charge in [0.05, 0.1) is 18.4 Å². The van der Waals surface area contributed by atoms with Crippen LogP contribution in [-0.4, -0.2) is 50.8 Å². The van der Waals surface area contributed by atoms with E-state index in [0.717, 1.165) is 78.7 Å². The van der Waals surface area contributed by atoms with Crippen molar-refractivity contribution >= 4 is 23.1 Å². The Balaban J connectivity index is 1.52. The van der Waals surface area contributed by atoms with E-state index in [4.69, 9.17) is 4.74 Å². The van der Waals surface area contributed by atoms with Crippen molar-refractivity contribution in [2.24, 2.45) is 0 Å². The first kappa shape index (κ1) is 17.4. The summed E-state index contributed by atoms with van der Waals surface area (Å²) >= 11 is 3.35. The van der Waals surface area contributed by atoms with Crippen molar-refractivity contribution in [1.82, 2.24) is 30.3 Å². The maximum atomic E-state index is 5.87. The lowest BCUT2D eigenvalue weighted by atomic mass is 9.97. The lowest BCUT2D eigenvalue weighted by Gasteiger charge is -2.23. The molecular weight excluding hydrogens is 356 g/mol. The molecule has 2 fully saturated rings. The quantitative estimate of drug-likeness (QED) is 0.771. The molecule has 9 heteroatoms. The van der Waals surface area contributed by atoms with Gasteiger partial charge in [0.25, 0.3) is 0 Å². The highest BCUT2D eigenvalue weighted by Gasteiger charge is 2.26. The zero-order valence-corrected chi connectivity index (χ0v) is 16.1. The van der Waals surface area contributed by atoms with Crippen LogP contribution in [0.15, 0.2) is 5.16 Å². The summed E-state index contributed by atoms with van der Waals surface area (Å²) in [6.45, 7) is 5.85. The van der Waals surface area contributed by atoms with E-state index >= 15 is 0 Å². The Morgan fingerprint density at radius 1 is 1.20 bits per heavy atom. The van der Waals surface area contributed by atoms with Crippen molar-refractivity contribution in [2.45, 2.75) is 62.1 Å². The average molecular weight is 381 g/mol. The fraction of sp³-hybridized carbons (Fsp3) is 0.750. The van der Waals surface area contributed by atoms with Crippen LogP contribution in [0.2, 0.25) is 0 Å². The molecule has 2 saturated heterocycles. The predicted octanol–water partition coefficient (Wildman–Crippen LogP) is 2.38. The molecular formula is C16H24N6OS2. The number of rotatable bonds is 6. The van der Waals surface area contributed by atoms with Crippen LogP contribution in [-0.2, 0) is 17.0 Å². The number of nitrogens with one attached hydrogen (secondary N) is 1. The molecule has 2 aliphatic rings. The molecule has 1 atom stereocenters. The van der Waals surface area contributed by atoms with Gasteiger partial charge in [0.15, 0.2) is 5.16 Å². The molecule has 7 nitrogen and oxygen atoms in total. The second kappa shape index (κ2) is 8.11. The van der Waals surface area contributed by atoms with Crippen LogP contribution in [0.4, 0.5) is 0 Å². The molecule has 2 aromatic rings. The van der Waals surface area contributed by atoms with Crippen molar-refractivity contribution in [3.63, 3.8) is 0 Å². The first-order chi connectivity index (χ1) is 12.3. The predicted molar refractivity (Wildman–Crippen MR) is 98.0 cm³/mol. The van der Waals surface area contributed by atoms with Crippen LogP contribution >= 0.6 is 23.1 Å². The van der Waals surface area contributed by atoms with E-state index < -0.39 is 0 Å².